The molecule has 3 fully saturated rings. The van der Waals surface area contributed by atoms with Gasteiger partial charge in [0.15, 0.2) is 11.1 Å². The van der Waals surface area contributed by atoms with Gasteiger partial charge in [-0.2, -0.15) is 0 Å². The van der Waals surface area contributed by atoms with Crippen LogP contribution in [0.25, 0.3) is 0 Å². The van der Waals surface area contributed by atoms with Crippen molar-refractivity contribution in [3.63, 3.8) is 0 Å². The van der Waals surface area contributed by atoms with Crippen molar-refractivity contribution in [1.82, 2.24) is 20.5 Å². The van der Waals surface area contributed by atoms with Crippen molar-refractivity contribution in [3.05, 3.63) is 11.1 Å². The van der Waals surface area contributed by atoms with Crippen molar-refractivity contribution in [1.29, 1.82) is 0 Å². The van der Waals surface area contributed by atoms with Crippen LogP contribution in [-0.2, 0) is 6.42 Å². The number of aromatic nitrogens is 1. The van der Waals surface area contributed by atoms with Crippen molar-refractivity contribution >= 4 is 22.4 Å². The maximum atomic E-state index is 4.80. The van der Waals surface area contributed by atoms with Gasteiger partial charge in [-0.1, -0.05) is 0 Å². The minimum atomic E-state index is 0.512. The van der Waals surface area contributed by atoms with Gasteiger partial charge in [0.2, 0.25) is 0 Å². The molecule has 1 aromatic heterocycles. The number of aliphatic imine (C=N–C) groups is 1. The van der Waals surface area contributed by atoms with Crippen LogP contribution in [0.2, 0.25) is 0 Å². The van der Waals surface area contributed by atoms with E-state index in [0.717, 1.165) is 31.5 Å². The third-order valence-electron chi connectivity index (χ3n) is 5.79. The minimum Gasteiger partial charge on any atom is -0.356 e. The van der Waals surface area contributed by atoms with Crippen molar-refractivity contribution in [2.45, 2.75) is 63.6 Å². The summed E-state index contributed by atoms with van der Waals surface area (Å²) >= 11 is 1.78. The van der Waals surface area contributed by atoms with Crippen molar-refractivity contribution in [2.24, 2.45) is 4.99 Å². The molecule has 0 amide bonds. The Morgan fingerprint density at radius 3 is 2.88 bits per heavy atom. The molecule has 3 aliphatic rings. The zero-order valence-electron chi connectivity index (χ0n) is 16.1. The highest BCUT2D eigenvalue weighted by atomic mass is 32.1. The SMILES string of the molecule is CN=C(NCCc1csc(N2CCCC2)n1)NC1CC(C)N(C2CC2)C1. The van der Waals surface area contributed by atoms with E-state index in [2.05, 4.69) is 37.7 Å². The fourth-order valence-electron chi connectivity index (χ4n) is 4.24. The second-order valence-corrected chi connectivity index (χ2v) is 8.76. The molecule has 2 saturated heterocycles. The van der Waals surface area contributed by atoms with Crippen LogP contribution in [0, 0.1) is 0 Å². The van der Waals surface area contributed by atoms with Gasteiger partial charge >= 0.3 is 0 Å². The Morgan fingerprint density at radius 2 is 2.15 bits per heavy atom. The standard InChI is InChI=1S/C19H32N6S/c1-14-11-16(12-25(14)17-5-6-17)22-18(20-2)21-8-7-15-13-26-19(23-15)24-9-3-4-10-24/h13-14,16-17H,3-12H2,1-2H3,(H2,20,21,22). The summed E-state index contributed by atoms with van der Waals surface area (Å²) in [5, 5.41) is 10.5. The summed E-state index contributed by atoms with van der Waals surface area (Å²) in [6.07, 6.45) is 7.53. The van der Waals surface area contributed by atoms with Crippen molar-refractivity contribution < 1.29 is 0 Å². The van der Waals surface area contributed by atoms with E-state index in [9.17, 15) is 0 Å². The zero-order chi connectivity index (χ0) is 17.9. The van der Waals surface area contributed by atoms with Crippen molar-refractivity contribution in [2.75, 3.05) is 38.1 Å². The molecular formula is C19H32N6S. The van der Waals surface area contributed by atoms with Crippen LogP contribution in [0.5, 0.6) is 0 Å². The van der Waals surface area contributed by atoms with Gasteiger partial charge in [0.25, 0.3) is 0 Å². The second kappa shape index (κ2) is 8.13. The third kappa shape index (κ3) is 4.31. The lowest BCUT2D eigenvalue weighted by molar-refractivity contribution is 0.256. The molecule has 1 aromatic rings. The third-order valence-corrected chi connectivity index (χ3v) is 6.74. The van der Waals surface area contributed by atoms with Crippen LogP contribution in [0.15, 0.2) is 10.4 Å². The molecule has 1 aliphatic carbocycles. The molecule has 4 rings (SSSR count). The molecule has 3 heterocycles. The number of hydrogen-bond donors (Lipinski definition) is 2. The van der Waals surface area contributed by atoms with E-state index in [4.69, 9.17) is 4.98 Å². The van der Waals surface area contributed by atoms with Crippen LogP contribution in [0.3, 0.4) is 0 Å². The van der Waals surface area contributed by atoms with Gasteiger partial charge in [0.1, 0.15) is 0 Å². The highest BCUT2D eigenvalue weighted by molar-refractivity contribution is 7.13. The van der Waals surface area contributed by atoms with Crippen molar-refractivity contribution in [3.8, 4) is 0 Å². The summed E-state index contributed by atoms with van der Waals surface area (Å²) in [6.45, 7) is 6.71. The first-order valence-corrected chi connectivity index (χ1v) is 11.0. The molecule has 144 valence electrons. The van der Waals surface area contributed by atoms with E-state index in [0.29, 0.717) is 12.1 Å². The molecular weight excluding hydrogens is 344 g/mol. The summed E-state index contributed by atoms with van der Waals surface area (Å²) in [7, 11) is 1.86. The normalized spacial score (nSPS) is 27.3. The minimum absolute atomic E-state index is 0.512. The highest BCUT2D eigenvalue weighted by Crippen LogP contribution is 2.33. The quantitative estimate of drug-likeness (QED) is 0.588. The maximum absolute atomic E-state index is 4.80. The molecule has 0 bridgehead atoms. The van der Waals surface area contributed by atoms with Gasteiger partial charge in [0.05, 0.1) is 5.69 Å². The predicted molar refractivity (Wildman–Crippen MR) is 109 cm³/mol. The number of nitrogens with zero attached hydrogens (tertiary/aromatic N) is 4. The first kappa shape index (κ1) is 18.0. The molecule has 6 nitrogen and oxygen atoms in total. The van der Waals surface area contributed by atoms with Crippen LogP contribution in [0.1, 0.15) is 44.7 Å². The molecule has 2 unspecified atom stereocenters. The maximum Gasteiger partial charge on any atom is 0.191 e. The first-order valence-electron chi connectivity index (χ1n) is 10.1. The Hall–Kier alpha value is -1.34. The molecule has 0 radical (unpaired) electrons. The highest BCUT2D eigenvalue weighted by Gasteiger charge is 2.38. The molecule has 0 spiro atoms. The molecule has 2 aliphatic heterocycles. The van der Waals surface area contributed by atoms with Gasteiger partial charge in [-0.25, -0.2) is 4.98 Å². The Kier molecular flexibility index (Phi) is 5.64. The smallest absolute Gasteiger partial charge is 0.191 e. The monoisotopic (exact) mass is 376 g/mol. The average Bonchev–Trinajstić information content (AvgIpc) is 3.03. The number of anilines is 1. The Bertz CT molecular complexity index is 619. The number of rotatable bonds is 6. The van der Waals surface area contributed by atoms with Crippen LogP contribution < -0.4 is 15.5 Å². The number of likely N-dealkylation sites (tertiary alicyclic amines) is 1. The molecule has 0 aromatic carbocycles. The van der Waals surface area contributed by atoms with Gasteiger partial charge in [-0.3, -0.25) is 9.89 Å². The lowest BCUT2D eigenvalue weighted by Gasteiger charge is -2.20. The molecule has 1 saturated carbocycles. The molecule has 2 N–H and O–H groups in total. The number of thiazole rings is 1. The van der Waals surface area contributed by atoms with Gasteiger partial charge in [-0.15, -0.1) is 11.3 Å². The largest absolute Gasteiger partial charge is 0.356 e. The van der Waals surface area contributed by atoms with E-state index in [1.54, 1.807) is 11.3 Å². The summed E-state index contributed by atoms with van der Waals surface area (Å²) in [4.78, 5) is 14.3. The fourth-order valence-corrected chi connectivity index (χ4v) is 5.15. The molecule has 2 atom stereocenters. The van der Waals surface area contributed by atoms with E-state index < -0.39 is 0 Å². The summed E-state index contributed by atoms with van der Waals surface area (Å²) in [5.74, 6) is 0.926. The average molecular weight is 377 g/mol. The summed E-state index contributed by atoms with van der Waals surface area (Å²) in [6, 6.07) is 2.05. The number of hydrogen-bond acceptors (Lipinski definition) is 5. The Balaban J connectivity index is 1.21. The Labute approximate surface area is 161 Å². The summed E-state index contributed by atoms with van der Waals surface area (Å²) in [5.41, 5.74) is 1.19. The van der Waals surface area contributed by atoms with Gasteiger partial charge in [-0.05, 0) is 39.0 Å². The number of guanidine groups is 1. The van der Waals surface area contributed by atoms with Crippen LogP contribution >= 0.6 is 11.3 Å². The second-order valence-electron chi connectivity index (χ2n) is 7.92. The zero-order valence-corrected chi connectivity index (χ0v) is 16.9. The van der Waals surface area contributed by atoms with Gasteiger partial charge < -0.3 is 15.5 Å². The van der Waals surface area contributed by atoms with E-state index in [1.807, 2.05) is 7.05 Å². The summed E-state index contributed by atoms with van der Waals surface area (Å²) < 4.78 is 0. The number of nitrogens with one attached hydrogen (secondary N) is 2. The van der Waals surface area contributed by atoms with E-state index in [1.165, 1.54) is 56.0 Å². The van der Waals surface area contributed by atoms with Gasteiger partial charge in [0, 0.05) is 63.2 Å². The fraction of sp³-hybridized carbons (Fsp3) is 0.789. The molecule has 26 heavy (non-hydrogen) atoms. The Morgan fingerprint density at radius 1 is 1.35 bits per heavy atom. The lowest BCUT2D eigenvalue weighted by Crippen LogP contribution is -2.45. The van der Waals surface area contributed by atoms with Crippen LogP contribution in [0.4, 0.5) is 5.13 Å². The topological polar surface area (TPSA) is 55.8 Å². The van der Waals surface area contributed by atoms with E-state index in [-0.39, 0.29) is 0 Å². The van der Waals surface area contributed by atoms with Crippen LogP contribution in [-0.4, -0.2) is 67.2 Å². The first-order chi connectivity index (χ1) is 12.7. The van der Waals surface area contributed by atoms with E-state index >= 15 is 0 Å². The predicted octanol–water partition coefficient (Wildman–Crippen LogP) is 2.08. The lowest BCUT2D eigenvalue weighted by atomic mass is 10.2. The molecule has 7 heteroatoms.